The van der Waals surface area contributed by atoms with E-state index in [0.29, 0.717) is 0 Å². The molecular weight excluding hydrogens is 394 g/mol. The van der Waals surface area contributed by atoms with Gasteiger partial charge < -0.3 is 9.55 Å². The van der Waals surface area contributed by atoms with Crippen LogP contribution >= 0.6 is 11.3 Å². The molecule has 6 aromatic heterocycles. The van der Waals surface area contributed by atoms with Crippen molar-refractivity contribution in [1.82, 2.24) is 34.7 Å². The second kappa shape index (κ2) is 6.36. The van der Waals surface area contributed by atoms with Gasteiger partial charge in [-0.3, -0.25) is 5.10 Å². The molecule has 146 valence electrons. The van der Waals surface area contributed by atoms with E-state index in [9.17, 15) is 0 Å². The molecule has 0 aliphatic rings. The average molecular weight is 411 g/mol. The van der Waals surface area contributed by atoms with E-state index >= 15 is 0 Å². The van der Waals surface area contributed by atoms with Crippen molar-refractivity contribution in [3.63, 3.8) is 0 Å². The smallest absolute Gasteiger partial charge is 0.138 e. The van der Waals surface area contributed by atoms with Crippen LogP contribution in [0.25, 0.3) is 55.3 Å². The van der Waals surface area contributed by atoms with Crippen LogP contribution in [-0.4, -0.2) is 34.7 Å². The van der Waals surface area contributed by atoms with E-state index in [2.05, 4.69) is 54.8 Å². The monoisotopic (exact) mass is 411 g/mol. The van der Waals surface area contributed by atoms with Gasteiger partial charge in [-0.05, 0) is 42.6 Å². The van der Waals surface area contributed by atoms with Crippen molar-refractivity contribution in [3.8, 4) is 33.2 Å². The summed E-state index contributed by atoms with van der Waals surface area (Å²) in [6, 6.07) is 12.3. The fourth-order valence-corrected chi connectivity index (χ4v) is 4.54. The molecule has 2 N–H and O–H groups in total. The molecular formula is C22H17N7S. The van der Waals surface area contributed by atoms with Gasteiger partial charge in [0.05, 0.1) is 28.8 Å². The maximum absolute atomic E-state index is 4.91. The first-order chi connectivity index (χ1) is 14.7. The van der Waals surface area contributed by atoms with Crippen molar-refractivity contribution in [2.24, 2.45) is 7.05 Å². The molecule has 0 spiro atoms. The third kappa shape index (κ3) is 2.50. The van der Waals surface area contributed by atoms with E-state index in [1.165, 1.54) is 4.88 Å². The van der Waals surface area contributed by atoms with Crippen LogP contribution in [0.15, 0.2) is 54.2 Å². The van der Waals surface area contributed by atoms with E-state index in [1.54, 1.807) is 11.3 Å². The van der Waals surface area contributed by atoms with Crippen LogP contribution in [0, 0.1) is 6.92 Å². The van der Waals surface area contributed by atoms with E-state index in [1.807, 2.05) is 43.1 Å². The Kier molecular flexibility index (Phi) is 3.63. The summed E-state index contributed by atoms with van der Waals surface area (Å²) >= 11 is 1.72. The first-order valence-corrected chi connectivity index (χ1v) is 10.4. The minimum Gasteiger partial charge on any atom is -0.338 e. The quantitative estimate of drug-likeness (QED) is 0.432. The molecule has 30 heavy (non-hydrogen) atoms. The Balaban J connectivity index is 1.53. The highest BCUT2D eigenvalue weighted by Crippen LogP contribution is 2.34. The summed E-state index contributed by atoms with van der Waals surface area (Å²) in [4.78, 5) is 18.5. The molecule has 0 bridgehead atoms. The highest BCUT2D eigenvalue weighted by molar-refractivity contribution is 7.13. The number of aromatic amines is 2. The van der Waals surface area contributed by atoms with Gasteiger partial charge in [0.1, 0.15) is 22.7 Å². The van der Waals surface area contributed by atoms with E-state index in [0.717, 1.165) is 56.2 Å². The number of aromatic nitrogens is 7. The highest BCUT2D eigenvalue weighted by atomic mass is 32.1. The van der Waals surface area contributed by atoms with Crippen molar-refractivity contribution in [1.29, 1.82) is 0 Å². The fourth-order valence-electron chi connectivity index (χ4n) is 3.77. The summed E-state index contributed by atoms with van der Waals surface area (Å²) in [5, 5.41) is 10.8. The lowest BCUT2D eigenvalue weighted by molar-refractivity contribution is 0.862. The Morgan fingerprint density at radius 3 is 2.83 bits per heavy atom. The number of fused-ring (bicyclic) bond motifs is 2. The van der Waals surface area contributed by atoms with Gasteiger partial charge >= 0.3 is 0 Å². The van der Waals surface area contributed by atoms with Crippen LogP contribution in [0.4, 0.5) is 0 Å². The molecule has 0 atom stereocenters. The lowest BCUT2D eigenvalue weighted by atomic mass is 10.1. The van der Waals surface area contributed by atoms with Crippen LogP contribution in [0.1, 0.15) is 5.82 Å². The third-order valence-electron chi connectivity index (χ3n) is 5.46. The van der Waals surface area contributed by atoms with Gasteiger partial charge in [0, 0.05) is 29.1 Å². The number of aryl methyl sites for hydroxylation is 1. The van der Waals surface area contributed by atoms with Crippen molar-refractivity contribution in [3.05, 3.63) is 60.0 Å². The summed E-state index contributed by atoms with van der Waals surface area (Å²) in [5.41, 5.74) is 7.20. The van der Waals surface area contributed by atoms with Crippen molar-refractivity contribution < 1.29 is 0 Å². The number of nitrogens with zero attached hydrogens (tertiary/aromatic N) is 5. The summed E-state index contributed by atoms with van der Waals surface area (Å²) in [6.45, 7) is 1.98. The van der Waals surface area contributed by atoms with Gasteiger partial charge in [-0.2, -0.15) is 5.10 Å². The van der Waals surface area contributed by atoms with Gasteiger partial charge in [0.25, 0.3) is 0 Å². The maximum Gasteiger partial charge on any atom is 0.138 e. The number of nitrogens with one attached hydrogen (secondary N) is 2. The molecule has 0 radical (unpaired) electrons. The van der Waals surface area contributed by atoms with E-state index in [4.69, 9.17) is 4.98 Å². The molecule has 0 aliphatic carbocycles. The largest absolute Gasteiger partial charge is 0.338 e. The first-order valence-electron chi connectivity index (χ1n) is 9.55. The fraction of sp³-hybridized carbons (Fsp3) is 0.0909. The SMILES string of the molecule is Cc1ncc(-c2ccc3[nH]nc(-c4cc5c(-c6cccs6)ccnc5[nH]4)c3n2)n1C. The summed E-state index contributed by atoms with van der Waals surface area (Å²) in [6.07, 6.45) is 3.69. The number of rotatable bonds is 3. The molecule has 0 saturated heterocycles. The summed E-state index contributed by atoms with van der Waals surface area (Å²) in [7, 11) is 2.00. The van der Waals surface area contributed by atoms with Crippen molar-refractivity contribution in [2.45, 2.75) is 6.92 Å². The van der Waals surface area contributed by atoms with E-state index < -0.39 is 0 Å². The molecule has 0 amide bonds. The number of thiophene rings is 1. The highest BCUT2D eigenvalue weighted by Gasteiger charge is 2.17. The molecule has 0 aromatic carbocycles. The maximum atomic E-state index is 4.91. The van der Waals surface area contributed by atoms with Crippen LogP contribution in [-0.2, 0) is 7.05 Å². The van der Waals surface area contributed by atoms with Crippen molar-refractivity contribution >= 4 is 33.4 Å². The first kappa shape index (κ1) is 17.1. The van der Waals surface area contributed by atoms with Crippen molar-refractivity contribution in [2.75, 3.05) is 0 Å². The Hall–Kier alpha value is -3.78. The van der Waals surface area contributed by atoms with Crippen LogP contribution in [0.2, 0.25) is 0 Å². The minimum absolute atomic E-state index is 0.779. The number of pyridine rings is 2. The second-order valence-corrected chi connectivity index (χ2v) is 8.14. The molecule has 6 heterocycles. The van der Waals surface area contributed by atoms with Gasteiger partial charge in [-0.15, -0.1) is 11.3 Å². The van der Waals surface area contributed by atoms with Gasteiger partial charge in [-0.1, -0.05) is 6.07 Å². The topological polar surface area (TPSA) is 88.1 Å². The number of hydrogen-bond acceptors (Lipinski definition) is 5. The zero-order valence-corrected chi connectivity index (χ0v) is 17.2. The lowest BCUT2D eigenvalue weighted by Crippen LogP contribution is -1.96. The number of H-pyrrole nitrogens is 2. The zero-order valence-electron chi connectivity index (χ0n) is 16.3. The Morgan fingerprint density at radius 1 is 1.10 bits per heavy atom. The molecule has 6 aromatic rings. The number of imidazole rings is 1. The minimum atomic E-state index is 0.779. The predicted octanol–water partition coefficient (Wildman–Crippen LogP) is 4.94. The standard InChI is InChI=1S/C22H17N7S/c1-12-24-11-18(29(12)2)15-5-6-16-20(25-15)21(28-27-16)17-10-14-13(19-4-3-9-30-19)7-8-23-22(14)26-17/h3-11H,1-2H3,(H,23,26)(H,27,28). The Bertz CT molecular complexity index is 1520. The molecule has 0 fully saturated rings. The number of hydrogen-bond donors (Lipinski definition) is 2. The summed E-state index contributed by atoms with van der Waals surface area (Å²) in [5.74, 6) is 0.946. The predicted molar refractivity (Wildman–Crippen MR) is 119 cm³/mol. The molecule has 7 nitrogen and oxygen atoms in total. The van der Waals surface area contributed by atoms with E-state index in [-0.39, 0.29) is 0 Å². The van der Waals surface area contributed by atoms with Crippen LogP contribution in [0.5, 0.6) is 0 Å². The molecule has 0 saturated carbocycles. The van der Waals surface area contributed by atoms with Gasteiger partial charge in [-0.25, -0.2) is 15.0 Å². The molecule has 0 aliphatic heterocycles. The third-order valence-corrected chi connectivity index (χ3v) is 6.37. The Labute approximate surface area is 175 Å². The second-order valence-electron chi connectivity index (χ2n) is 7.20. The van der Waals surface area contributed by atoms with Crippen LogP contribution < -0.4 is 0 Å². The lowest BCUT2D eigenvalue weighted by Gasteiger charge is -2.03. The summed E-state index contributed by atoms with van der Waals surface area (Å²) < 4.78 is 2.04. The molecule has 8 heteroatoms. The molecule has 6 rings (SSSR count). The van der Waals surface area contributed by atoms with Gasteiger partial charge in [0.15, 0.2) is 0 Å². The normalized spacial score (nSPS) is 11.7. The molecule has 0 unspecified atom stereocenters. The van der Waals surface area contributed by atoms with Gasteiger partial charge in [0.2, 0.25) is 0 Å². The average Bonchev–Trinajstić information content (AvgIpc) is 3.54. The van der Waals surface area contributed by atoms with Crippen LogP contribution in [0.3, 0.4) is 0 Å². The zero-order chi connectivity index (χ0) is 20.2. The Morgan fingerprint density at radius 2 is 2.03 bits per heavy atom.